The van der Waals surface area contributed by atoms with Crippen molar-refractivity contribution in [2.24, 2.45) is 11.3 Å². The van der Waals surface area contributed by atoms with Gasteiger partial charge >= 0.3 is 5.97 Å². The van der Waals surface area contributed by atoms with E-state index in [1.54, 1.807) is 6.07 Å². The van der Waals surface area contributed by atoms with Crippen molar-refractivity contribution in [2.45, 2.75) is 27.2 Å². The van der Waals surface area contributed by atoms with E-state index in [0.29, 0.717) is 12.0 Å². The molecule has 0 amide bonds. The Morgan fingerprint density at radius 1 is 1.43 bits per heavy atom. The Morgan fingerprint density at radius 2 is 2.05 bits per heavy atom. The molecule has 114 valence electrons. The molecule has 1 unspecified atom stereocenters. The van der Waals surface area contributed by atoms with E-state index >= 15 is 0 Å². The number of halogens is 2. The predicted octanol–water partition coefficient (Wildman–Crippen LogP) is 3.86. The molecule has 1 aromatic carbocycles. The molecule has 0 heterocycles. The highest BCUT2D eigenvalue weighted by molar-refractivity contribution is 6.45. The van der Waals surface area contributed by atoms with E-state index in [0.717, 1.165) is 5.56 Å². The number of carboxylic acid groups (broad SMARTS) is 1. The first kappa shape index (κ1) is 16.1. The molecule has 0 spiro atoms. The summed E-state index contributed by atoms with van der Waals surface area (Å²) in [7, 11) is 0. The van der Waals surface area contributed by atoms with Crippen LogP contribution in [-0.4, -0.2) is 23.5 Å². The van der Waals surface area contributed by atoms with Crippen LogP contribution < -0.4 is 4.74 Å². The van der Waals surface area contributed by atoms with Crippen LogP contribution in [0, 0.1) is 11.3 Å². The maximum absolute atomic E-state index is 12.6. The number of rotatable bonds is 4. The average Bonchev–Trinajstić information content (AvgIpc) is 2.65. The smallest absolute Gasteiger partial charge is 0.341 e. The van der Waals surface area contributed by atoms with Crippen LogP contribution in [0.15, 0.2) is 6.07 Å². The van der Waals surface area contributed by atoms with Gasteiger partial charge in [0.05, 0.1) is 5.02 Å². The SMILES string of the molecule is CC(C)C1(C)Cc2cc(OCC(=O)O)c(Cl)c(Cl)c2C1=O. The van der Waals surface area contributed by atoms with E-state index in [2.05, 4.69) is 0 Å². The van der Waals surface area contributed by atoms with Crippen molar-refractivity contribution in [3.8, 4) is 5.75 Å². The number of carbonyl (C=O) groups is 2. The topological polar surface area (TPSA) is 63.6 Å². The third-order valence-electron chi connectivity index (χ3n) is 4.18. The highest BCUT2D eigenvalue weighted by Crippen LogP contribution is 2.48. The largest absolute Gasteiger partial charge is 0.480 e. The number of benzene rings is 1. The molecular weight excluding hydrogens is 315 g/mol. The van der Waals surface area contributed by atoms with E-state index in [9.17, 15) is 9.59 Å². The minimum atomic E-state index is -1.11. The zero-order chi connectivity index (χ0) is 15.9. The second kappa shape index (κ2) is 5.50. The van der Waals surface area contributed by atoms with Crippen LogP contribution in [0.25, 0.3) is 0 Å². The fourth-order valence-corrected chi connectivity index (χ4v) is 3.01. The molecule has 0 bridgehead atoms. The van der Waals surface area contributed by atoms with Gasteiger partial charge in [0.15, 0.2) is 12.4 Å². The van der Waals surface area contributed by atoms with Crippen molar-refractivity contribution in [2.75, 3.05) is 6.61 Å². The molecule has 0 aromatic heterocycles. The molecule has 0 aliphatic heterocycles. The standard InChI is InChI=1S/C15H16Cl2O4/c1-7(2)15(3)5-8-4-9(21-6-10(18)19)12(16)13(17)11(8)14(15)20/h4,7H,5-6H2,1-3H3,(H,18,19). The predicted molar refractivity (Wildman–Crippen MR) is 80.6 cm³/mol. The lowest BCUT2D eigenvalue weighted by Crippen LogP contribution is -2.30. The van der Waals surface area contributed by atoms with Crippen molar-refractivity contribution in [1.29, 1.82) is 0 Å². The number of fused-ring (bicyclic) bond motifs is 1. The molecule has 0 fully saturated rings. The highest BCUT2D eigenvalue weighted by atomic mass is 35.5. The van der Waals surface area contributed by atoms with Gasteiger partial charge in [0.2, 0.25) is 0 Å². The minimum Gasteiger partial charge on any atom is -0.480 e. The minimum absolute atomic E-state index is 0.0239. The monoisotopic (exact) mass is 330 g/mol. The Morgan fingerprint density at radius 3 is 2.57 bits per heavy atom. The first-order valence-electron chi connectivity index (χ1n) is 6.58. The van der Waals surface area contributed by atoms with Crippen LogP contribution in [-0.2, 0) is 11.2 Å². The lowest BCUT2D eigenvalue weighted by atomic mass is 9.76. The zero-order valence-electron chi connectivity index (χ0n) is 12.0. The normalized spacial score (nSPS) is 20.8. The van der Waals surface area contributed by atoms with Crippen molar-refractivity contribution < 1.29 is 19.4 Å². The summed E-state index contributed by atoms with van der Waals surface area (Å²) in [5, 5.41) is 8.90. The van der Waals surface area contributed by atoms with Gasteiger partial charge < -0.3 is 9.84 Å². The van der Waals surface area contributed by atoms with Gasteiger partial charge in [-0.25, -0.2) is 4.79 Å². The molecule has 6 heteroatoms. The zero-order valence-corrected chi connectivity index (χ0v) is 13.5. The summed E-state index contributed by atoms with van der Waals surface area (Å²) in [5.41, 5.74) is 0.660. The molecule has 1 N–H and O–H groups in total. The number of aliphatic carboxylic acids is 1. The van der Waals surface area contributed by atoms with Crippen LogP contribution >= 0.6 is 23.2 Å². The summed E-state index contributed by atoms with van der Waals surface area (Å²) in [6.07, 6.45) is 0.541. The molecule has 1 aliphatic rings. The molecular formula is C15H16Cl2O4. The van der Waals surface area contributed by atoms with E-state index in [1.165, 1.54) is 0 Å². The Bertz CT molecular complexity index is 625. The van der Waals surface area contributed by atoms with Crippen molar-refractivity contribution in [3.05, 3.63) is 27.2 Å². The van der Waals surface area contributed by atoms with E-state index in [1.807, 2.05) is 20.8 Å². The van der Waals surface area contributed by atoms with E-state index in [-0.39, 0.29) is 27.5 Å². The molecule has 1 atom stereocenters. The molecule has 0 radical (unpaired) electrons. The van der Waals surface area contributed by atoms with Crippen LogP contribution in [0.1, 0.15) is 36.7 Å². The second-order valence-corrected chi connectivity index (χ2v) is 6.55. The number of carboxylic acids is 1. The number of hydrogen-bond donors (Lipinski definition) is 1. The van der Waals surface area contributed by atoms with Crippen molar-refractivity contribution >= 4 is 35.0 Å². The molecule has 0 saturated carbocycles. The van der Waals surface area contributed by atoms with Gasteiger partial charge in [-0.3, -0.25) is 4.79 Å². The van der Waals surface area contributed by atoms with Gasteiger partial charge in [0.1, 0.15) is 10.8 Å². The molecule has 1 aromatic rings. The maximum atomic E-state index is 12.6. The summed E-state index contributed by atoms with van der Waals surface area (Å²) in [4.78, 5) is 23.2. The van der Waals surface area contributed by atoms with Gasteiger partial charge in [-0.2, -0.15) is 0 Å². The molecule has 0 saturated heterocycles. The van der Waals surface area contributed by atoms with E-state index in [4.69, 9.17) is 33.0 Å². The molecule has 2 rings (SSSR count). The van der Waals surface area contributed by atoms with Crippen LogP contribution in [0.5, 0.6) is 5.75 Å². The van der Waals surface area contributed by atoms with Crippen LogP contribution in [0.3, 0.4) is 0 Å². The summed E-state index contributed by atoms with van der Waals surface area (Å²) in [6, 6.07) is 1.62. The van der Waals surface area contributed by atoms with Gasteiger partial charge in [0, 0.05) is 11.0 Å². The fraction of sp³-hybridized carbons (Fsp3) is 0.467. The quantitative estimate of drug-likeness (QED) is 0.910. The summed E-state index contributed by atoms with van der Waals surface area (Å²) >= 11 is 12.3. The lowest BCUT2D eigenvalue weighted by Gasteiger charge is -2.26. The molecule has 4 nitrogen and oxygen atoms in total. The lowest BCUT2D eigenvalue weighted by molar-refractivity contribution is -0.139. The number of Topliss-reactive ketones (excluding diaryl/α,β-unsaturated/α-hetero) is 1. The first-order valence-corrected chi connectivity index (χ1v) is 7.34. The number of ketones is 1. The average molecular weight is 331 g/mol. The Balaban J connectivity index is 2.48. The third kappa shape index (κ3) is 2.62. The third-order valence-corrected chi connectivity index (χ3v) is 5.03. The molecule has 21 heavy (non-hydrogen) atoms. The summed E-state index contributed by atoms with van der Waals surface area (Å²) in [5.74, 6) is -0.783. The molecule has 1 aliphatic carbocycles. The highest BCUT2D eigenvalue weighted by Gasteiger charge is 2.45. The van der Waals surface area contributed by atoms with Gasteiger partial charge in [-0.05, 0) is 24.0 Å². The Labute approximate surface area is 133 Å². The van der Waals surface area contributed by atoms with Gasteiger partial charge in [0.25, 0.3) is 0 Å². The Hall–Kier alpha value is -1.26. The van der Waals surface area contributed by atoms with Gasteiger partial charge in [-0.15, -0.1) is 0 Å². The van der Waals surface area contributed by atoms with Crippen LogP contribution in [0.4, 0.5) is 0 Å². The Kier molecular flexibility index (Phi) is 4.22. The van der Waals surface area contributed by atoms with Gasteiger partial charge in [-0.1, -0.05) is 44.0 Å². The second-order valence-electron chi connectivity index (χ2n) is 5.80. The number of hydrogen-bond acceptors (Lipinski definition) is 3. The number of carbonyl (C=O) groups excluding carboxylic acids is 1. The van der Waals surface area contributed by atoms with Crippen molar-refractivity contribution in [1.82, 2.24) is 0 Å². The van der Waals surface area contributed by atoms with Crippen molar-refractivity contribution in [3.63, 3.8) is 0 Å². The summed E-state index contributed by atoms with van der Waals surface area (Å²) < 4.78 is 5.14. The maximum Gasteiger partial charge on any atom is 0.341 e. The fourth-order valence-electron chi connectivity index (χ4n) is 2.51. The number of ether oxygens (including phenoxy) is 1. The van der Waals surface area contributed by atoms with Crippen LogP contribution in [0.2, 0.25) is 10.0 Å². The van der Waals surface area contributed by atoms with E-state index < -0.39 is 18.0 Å². The first-order chi connectivity index (χ1) is 9.68. The summed E-state index contributed by atoms with van der Waals surface area (Å²) in [6.45, 7) is 5.37.